The van der Waals surface area contributed by atoms with Crippen LogP contribution in [0.3, 0.4) is 0 Å². The van der Waals surface area contributed by atoms with Crippen molar-refractivity contribution in [2.24, 2.45) is 0 Å². The highest BCUT2D eigenvalue weighted by Gasteiger charge is 2.24. The molecule has 1 N–H and O–H groups in total. The van der Waals surface area contributed by atoms with E-state index in [1.807, 2.05) is 41.8 Å². The minimum absolute atomic E-state index is 0.126. The summed E-state index contributed by atoms with van der Waals surface area (Å²) in [6, 6.07) is 9.41. The van der Waals surface area contributed by atoms with Gasteiger partial charge in [0, 0.05) is 37.9 Å². The number of anilines is 2. The normalized spacial score (nSPS) is 14.5. The van der Waals surface area contributed by atoms with Crippen molar-refractivity contribution in [1.82, 2.24) is 4.90 Å². The fourth-order valence-corrected chi connectivity index (χ4v) is 3.49. The number of amides is 1. The molecule has 1 amide bonds. The molecule has 0 unspecified atom stereocenters. The number of piperazine rings is 1. The third-order valence-electron chi connectivity index (χ3n) is 5.33. The van der Waals surface area contributed by atoms with E-state index in [0.717, 1.165) is 22.9 Å². The van der Waals surface area contributed by atoms with Crippen LogP contribution >= 0.6 is 0 Å². The Bertz CT molecular complexity index is 962. The molecular formula is C21H24F2N4O4. The van der Waals surface area contributed by atoms with Gasteiger partial charge < -0.3 is 15.0 Å². The molecule has 1 saturated heterocycles. The molecule has 0 saturated carbocycles. The number of aryl methyl sites for hydroxylation is 1. The predicted molar refractivity (Wildman–Crippen MR) is 113 cm³/mol. The van der Waals surface area contributed by atoms with E-state index in [9.17, 15) is 23.7 Å². The van der Waals surface area contributed by atoms with Gasteiger partial charge in [-0.15, -0.1) is 0 Å². The quantitative estimate of drug-likeness (QED) is 0.530. The molecule has 0 radical (unpaired) electrons. The molecule has 3 rings (SSSR count). The standard InChI is InChI=1S/C21H24F2N4O4/c1-14-4-3-5-17(15(14)2)24-20(28)13-25-8-10-26(11-9-25)18-7-6-16(27(29)30)12-19(18)31-21(22)23/h3-7,12,21H,8-11,13H2,1-2H3,(H,24,28). The highest BCUT2D eigenvalue weighted by molar-refractivity contribution is 5.93. The van der Waals surface area contributed by atoms with Crippen LogP contribution in [-0.4, -0.2) is 55.1 Å². The minimum atomic E-state index is -3.09. The van der Waals surface area contributed by atoms with E-state index in [2.05, 4.69) is 10.1 Å². The Labute approximate surface area is 178 Å². The molecule has 10 heteroatoms. The number of nitrogens with zero attached hydrogens (tertiary/aromatic N) is 3. The smallest absolute Gasteiger partial charge is 0.387 e. The molecule has 0 atom stereocenters. The highest BCUT2D eigenvalue weighted by Crippen LogP contribution is 2.34. The summed E-state index contributed by atoms with van der Waals surface area (Å²) in [5, 5.41) is 13.9. The second-order valence-corrected chi connectivity index (χ2v) is 7.35. The van der Waals surface area contributed by atoms with Crippen LogP contribution in [0.1, 0.15) is 11.1 Å². The van der Waals surface area contributed by atoms with Crippen molar-refractivity contribution in [1.29, 1.82) is 0 Å². The Kier molecular flexibility index (Phi) is 7.01. The maximum absolute atomic E-state index is 12.8. The van der Waals surface area contributed by atoms with Crippen LogP contribution in [0.15, 0.2) is 36.4 Å². The molecular weight excluding hydrogens is 410 g/mol. The van der Waals surface area contributed by atoms with Crippen molar-refractivity contribution < 1.29 is 23.2 Å². The number of carbonyl (C=O) groups is 1. The van der Waals surface area contributed by atoms with Crippen LogP contribution in [0, 0.1) is 24.0 Å². The molecule has 1 aliphatic rings. The summed E-state index contributed by atoms with van der Waals surface area (Å²) >= 11 is 0. The first kappa shape index (κ1) is 22.4. The van der Waals surface area contributed by atoms with Gasteiger partial charge in [-0.2, -0.15) is 8.78 Å². The summed E-state index contributed by atoms with van der Waals surface area (Å²) in [5.74, 6) is -0.357. The first-order valence-corrected chi connectivity index (χ1v) is 9.81. The van der Waals surface area contributed by atoms with Gasteiger partial charge in [0.05, 0.1) is 23.2 Å². The van der Waals surface area contributed by atoms with E-state index in [1.54, 1.807) is 0 Å². The van der Waals surface area contributed by atoms with Crippen LogP contribution in [0.2, 0.25) is 0 Å². The molecule has 1 aliphatic heterocycles. The van der Waals surface area contributed by atoms with Gasteiger partial charge in [-0.1, -0.05) is 12.1 Å². The van der Waals surface area contributed by atoms with Crippen molar-refractivity contribution in [3.8, 4) is 5.75 Å². The summed E-state index contributed by atoms with van der Waals surface area (Å²) in [5.41, 5.74) is 2.94. The summed E-state index contributed by atoms with van der Waals surface area (Å²) < 4.78 is 30.1. The van der Waals surface area contributed by atoms with E-state index in [-0.39, 0.29) is 23.9 Å². The first-order valence-electron chi connectivity index (χ1n) is 9.81. The Hall–Kier alpha value is -3.27. The third kappa shape index (κ3) is 5.66. The number of ether oxygens (including phenoxy) is 1. The third-order valence-corrected chi connectivity index (χ3v) is 5.33. The molecule has 0 aliphatic carbocycles. The predicted octanol–water partition coefficient (Wildman–Crippen LogP) is 3.57. The van der Waals surface area contributed by atoms with Gasteiger partial charge in [0.15, 0.2) is 5.75 Å². The molecule has 166 valence electrons. The van der Waals surface area contributed by atoms with E-state index in [0.29, 0.717) is 31.9 Å². The highest BCUT2D eigenvalue weighted by atomic mass is 19.3. The Balaban J connectivity index is 1.61. The van der Waals surface area contributed by atoms with E-state index in [4.69, 9.17) is 0 Å². The number of halogens is 2. The van der Waals surface area contributed by atoms with Crippen LogP contribution in [0.5, 0.6) is 5.75 Å². The number of carbonyl (C=O) groups excluding carboxylic acids is 1. The van der Waals surface area contributed by atoms with Gasteiger partial charge in [-0.25, -0.2) is 0 Å². The zero-order valence-corrected chi connectivity index (χ0v) is 17.3. The summed E-state index contributed by atoms with van der Waals surface area (Å²) in [4.78, 5) is 26.5. The largest absolute Gasteiger partial charge is 0.432 e. The van der Waals surface area contributed by atoms with Crippen LogP contribution in [0.25, 0.3) is 0 Å². The van der Waals surface area contributed by atoms with Crippen molar-refractivity contribution in [3.63, 3.8) is 0 Å². The zero-order chi connectivity index (χ0) is 22.5. The molecule has 0 spiro atoms. The minimum Gasteiger partial charge on any atom is -0.432 e. The van der Waals surface area contributed by atoms with Crippen molar-refractivity contribution in [2.75, 3.05) is 42.9 Å². The van der Waals surface area contributed by atoms with Crippen LogP contribution < -0.4 is 15.0 Å². The lowest BCUT2D eigenvalue weighted by Crippen LogP contribution is -2.48. The first-order chi connectivity index (χ1) is 14.7. The molecule has 0 bridgehead atoms. The summed E-state index contributed by atoms with van der Waals surface area (Å²) in [6.45, 7) is 3.05. The zero-order valence-electron chi connectivity index (χ0n) is 17.3. The fourth-order valence-electron chi connectivity index (χ4n) is 3.49. The van der Waals surface area contributed by atoms with Crippen LogP contribution in [-0.2, 0) is 4.79 Å². The average Bonchev–Trinajstić information content (AvgIpc) is 2.71. The van der Waals surface area contributed by atoms with Gasteiger partial charge in [-0.05, 0) is 37.1 Å². The topological polar surface area (TPSA) is 88.0 Å². The maximum Gasteiger partial charge on any atom is 0.387 e. The molecule has 31 heavy (non-hydrogen) atoms. The van der Waals surface area contributed by atoms with Gasteiger partial charge >= 0.3 is 6.61 Å². The Morgan fingerprint density at radius 1 is 1.19 bits per heavy atom. The maximum atomic E-state index is 12.8. The van der Waals surface area contributed by atoms with E-state index in [1.165, 1.54) is 12.1 Å². The number of hydrogen-bond donors (Lipinski definition) is 1. The molecule has 8 nitrogen and oxygen atoms in total. The molecule has 1 fully saturated rings. The SMILES string of the molecule is Cc1cccc(NC(=O)CN2CCN(c3ccc([N+](=O)[O-])cc3OC(F)F)CC2)c1C. The number of nitro groups is 1. The lowest BCUT2D eigenvalue weighted by atomic mass is 10.1. The number of rotatable bonds is 7. The molecule has 2 aromatic carbocycles. The summed E-state index contributed by atoms with van der Waals surface area (Å²) in [6.07, 6.45) is 0. The second-order valence-electron chi connectivity index (χ2n) is 7.35. The second kappa shape index (κ2) is 9.69. The molecule has 1 heterocycles. The Morgan fingerprint density at radius 3 is 2.55 bits per heavy atom. The van der Waals surface area contributed by atoms with Crippen molar-refractivity contribution in [2.45, 2.75) is 20.5 Å². The van der Waals surface area contributed by atoms with Gasteiger partial charge in [0.25, 0.3) is 5.69 Å². The number of benzene rings is 2. The molecule has 0 aromatic heterocycles. The van der Waals surface area contributed by atoms with Gasteiger partial charge in [-0.3, -0.25) is 19.8 Å². The number of alkyl halides is 2. The number of nitro benzene ring substituents is 1. The number of hydrogen-bond acceptors (Lipinski definition) is 6. The monoisotopic (exact) mass is 434 g/mol. The van der Waals surface area contributed by atoms with Crippen molar-refractivity contribution >= 4 is 23.0 Å². The van der Waals surface area contributed by atoms with E-state index >= 15 is 0 Å². The lowest BCUT2D eigenvalue weighted by molar-refractivity contribution is -0.385. The lowest BCUT2D eigenvalue weighted by Gasteiger charge is -2.36. The van der Waals surface area contributed by atoms with Crippen LogP contribution in [0.4, 0.5) is 25.8 Å². The van der Waals surface area contributed by atoms with Gasteiger partial charge in [0.2, 0.25) is 5.91 Å². The Morgan fingerprint density at radius 2 is 1.90 bits per heavy atom. The number of non-ortho nitro benzene ring substituents is 1. The van der Waals surface area contributed by atoms with E-state index < -0.39 is 11.5 Å². The average molecular weight is 434 g/mol. The molecule has 2 aromatic rings. The van der Waals surface area contributed by atoms with Gasteiger partial charge in [0.1, 0.15) is 0 Å². The fraction of sp³-hybridized carbons (Fsp3) is 0.381. The number of nitrogens with one attached hydrogen (secondary N) is 1. The summed E-state index contributed by atoms with van der Waals surface area (Å²) in [7, 11) is 0. The van der Waals surface area contributed by atoms with Crippen molar-refractivity contribution in [3.05, 3.63) is 57.6 Å².